The predicted molar refractivity (Wildman–Crippen MR) is 271 cm³/mol. The van der Waals surface area contributed by atoms with E-state index in [2.05, 4.69) is 235 Å². The lowest BCUT2D eigenvalue weighted by atomic mass is 9.89. The quantitative estimate of drug-likeness (QED) is 0.175. The molecule has 0 amide bonds. The first kappa shape index (κ1) is 37.3. The molecule has 0 saturated carbocycles. The summed E-state index contributed by atoms with van der Waals surface area (Å²) in [5.41, 5.74) is 12.0. The molecule has 65 heavy (non-hydrogen) atoms. The first-order valence-electron chi connectivity index (χ1n) is 22.3. The summed E-state index contributed by atoms with van der Waals surface area (Å²) >= 11 is 0. The maximum atomic E-state index is 6.86. The molecule has 2 atom stereocenters. The Morgan fingerprint density at radius 3 is 1.83 bits per heavy atom. The van der Waals surface area contributed by atoms with Crippen LogP contribution in [0.1, 0.15) is 29.0 Å². The van der Waals surface area contributed by atoms with E-state index in [1.165, 1.54) is 43.6 Å². The average Bonchev–Trinajstić information content (AvgIpc) is 3.74. The van der Waals surface area contributed by atoms with Crippen molar-refractivity contribution in [3.05, 3.63) is 241 Å². The van der Waals surface area contributed by atoms with Gasteiger partial charge in [0.1, 0.15) is 29.3 Å². The molecule has 0 aliphatic carbocycles. The van der Waals surface area contributed by atoms with Gasteiger partial charge in [-0.25, -0.2) is 4.99 Å². The van der Waals surface area contributed by atoms with E-state index in [9.17, 15) is 0 Å². The molecule has 1 aromatic heterocycles. The number of hydrogen-bond acceptors (Lipinski definition) is 4. The molecule has 0 bridgehead atoms. The van der Waals surface area contributed by atoms with Gasteiger partial charge in [0.05, 0.1) is 0 Å². The molecule has 11 aromatic carbocycles. The zero-order valence-corrected chi connectivity index (χ0v) is 35.4. The van der Waals surface area contributed by atoms with Crippen LogP contribution in [0, 0.1) is 0 Å². The van der Waals surface area contributed by atoms with Crippen LogP contribution in [0.5, 0.6) is 0 Å². The van der Waals surface area contributed by atoms with Crippen molar-refractivity contribution in [3.8, 4) is 33.4 Å². The highest BCUT2D eigenvalue weighted by atomic mass is 16.3. The van der Waals surface area contributed by atoms with Gasteiger partial charge in [-0.2, -0.15) is 0 Å². The molecule has 0 spiro atoms. The lowest BCUT2D eigenvalue weighted by Gasteiger charge is -2.33. The van der Waals surface area contributed by atoms with Crippen molar-refractivity contribution in [1.29, 1.82) is 0 Å². The van der Waals surface area contributed by atoms with Crippen molar-refractivity contribution in [2.45, 2.75) is 12.3 Å². The van der Waals surface area contributed by atoms with Crippen LogP contribution in [-0.4, -0.2) is 5.84 Å². The van der Waals surface area contributed by atoms with E-state index in [1.807, 2.05) is 0 Å². The molecule has 2 N–H and O–H groups in total. The fraction of sp³-hybridized carbons (Fsp3) is 0.0328. The Balaban J connectivity index is 1.01. The number of fused-ring (bicyclic) bond motifs is 7. The third kappa shape index (κ3) is 6.46. The average molecular weight is 832 g/mol. The number of hydrogen-bond donors (Lipinski definition) is 2. The Kier molecular flexibility index (Phi) is 8.71. The SMILES string of the molecule is c1ccc(-c2cccc(-c3cc(-c4ccc(C5N=C(c6ccc7ccccc7c6)NC(c6cccc7ccccc67)N5)c5ccccc45)c4c(c3)oc3cc5ccccc5cc34)c2)cc1. The Labute approximate surface area is 376 Å². The molecule has 2 unspecified atom stereocenters. The zero-order chi connectivity index (χ0) is 42.8. The van der Waals surface area contributed by atoms with Crippen LogP contribution >= 0.6 is 0 Å². The Bertz CT molecular complexity index is 3860. The minimum atomic E-state index is -0.353. The van der Waals surface area contributed by atoms with Crippen LogP contribution in [0.25, 0.3) is 98.4 Å². The highest BCUT2D eigenvalue weighted by Crippen LogP contribution is 2.45. The summed E-state index contributed by atoms with van der Waals surface area (Å²) in [5.74, 6) is 0.856. The van der Waals surface area contributed by atoms with Crippen molar-refractivity contribution < 1.29 is 4.42 Å². The molecule has 1 aliphatic rings. The smallest absolute Gasteiger partial charge is 0.136 e. The highest BCUT2D eigenvalue weighted by molar-refractivity contribution is 6.19. The standard InChI is InChI=1S/C61H41N3O/c1-2-14-38(15-3-1)42-22-12-23-43(32-42)47-35-54(58-55-34-44-19-6-7-20-45(44)36-56(55)65-57(58)37-47)51-30-31-53(50-26-11-10-25-49(50)51)61-63-59(46-29-28-39-16-4-5-18-41(39)33-46)62-60(64-61)52-27-13-21-40-17-8-9-24-48(40)52/h1-37,60-61,64H,(H,62,63). The Morgan fingerprint density at radius 1 is 0.354 bits per heavy atom. The molecule has 4 nitrogen and oxygen atoms in total. The van der Waals surface area contributed by atoms with E-state index in [0.29, 0.717) is 0 Å². The number of nitrogens with one attached hydrogen (secondary N) is 2. The molecule has 0 radical (unpaired) electrons. The van der Waals surface area contributed by atoms with Gasteiger partial charge >= 0.3 is 0 Å². The largest absolute Gasteiger partial charge is 0.456 e. The van der Waals surface area contributed by atoms with E-state index < -0.39 is 0 Å². The molecular weight excluding hydrogens is 791 g/mol. The first-order valence-corrected chi connectivity index (χ1v) is 22.3. The van der Waals surface area contributed by atoms with Crippen molar-refractivity contribution in [1.82, 2.24) is 10.6 Å². The third-order valence-electron chi connectivity index (χ3n) is 13.3. The van der Waals surface area contributed by atoms with E-state index in [-0.39, 0.29) is 12.3 Å². The minimum Gasteiger partial charge on any atom is -0.456 e. The van der Waals surface area contributed by atoms with Crippen molar-refractivity contribution in [2.75, 3.05) is 0 Å². The van der Waals surface area contributed by atoms with E-state index >= 15 is 0 Å². The summed E-state index contributed by atoms with van der Waals surface area (Å²) in [6, 6.07) is 80.7. The van der Waals surface area contributed by atoms with Crippen LogP contribution in [-0.2, 0) is 0 Å². The highest BCUT2D eigenvalue weighted by Gasteiger charge is 2.28. The van der Waals surface area contributed by atoms with Gasteiger partial charge in [0, 0.05) is 16.3 Å². The first-order chi connectivity index (χ1) is 32.2. The lowest BCUT2D eigenvalue weighted by molar-refractivity contribution is 0.412. The molecule has 0 saturated heterocycles. The molecular formula is C61H41N3O. The minimum absolute atomic E-state index is 0.210. The number of furan rings is 1. The predicted octanol–water partition coefficient (Wildman–Crippen LogP) is 15.5. The molecule has 13 rings (SSSR count). The van der Waals surface area contributed by atoms with Crippen molar-refractivity contribution in [2.24, 2.45) is 4.99 Å². The second-order valence-corrected chi connectivity index (χ2v) is 17.1. The topological polar surface area (TPSA) is 49.6 Å². The summed E-state index contributed by atoms with van der Waals surface area (Å²) in [6.45, 7) is 0. The fourth-order valence-corrected chi connectivity index (χ4v) is 10.1. The third-order valence-corrected chi connectivity index (χ3v) is 13.3. The number of rotatable bonds is 6. The normalized spacial score (nSPS) is 15.2. The molecule has 306 valence electrons. The van der Waals surface area contributed by atoms with Crippen LogP contribution in [0.3, 0.4) is 0 Å². The van der Waals surface area contributed by atoms with Gasteiger partial charge in [-0.3, -0.25) is 5.32 Å². The van der Waals surface area contributed by atoms with E-state index in [1.54, 1.807) is 0 Å². The van der Waals surface area contributed by atoms with Gasteiger partial charge in [-0.1, -0.05) is 188 Å². The van der Waals surface area contributed by atoms with Crippen LogP contribution in [0.4, 0.5) is 0 Å². The summed E-state index contributed by atoms with van der Waals surface area (Å²) in [4.78, 5) is 5.52. The summed E-state index contributed by atoms with van der Waals surface area (Å²) in [5, 5.41) is 19.5. The lowest BCUT2D eigenvalue weighted by Crippen LogP contribution is -2.45. The number of nitrogens with zero attached hydrogens (tertiary/aromatic N) is 1. The van der Waals surface area contributed by atoms with Gasteiger partial charge in [0.2, 0.25) is 0 Å². The monoisotopic (exact) mass is 831 g/mol. The van der Waals surface area contributed by atoms with E-state index in [4.69, 9.17) is 9.41 Å². The summed E-state index contributed by atoms with van der Waals surface area (Å²) in [7, 11) is 0. The fourth-order valence-electron chi connectivity index (χ4n) is 10.1. The maximum Gasteiger partial charge on any atom is 0.136 e. The van der Waals surface area contributed by atoms with Crippen molar-refractivity contribution in [3.63, 3.8) is 0 Å². The number of benzene rings is 11. The maximum absolute atomic E-state index is 6.86. The Hall–Kier alpha value is -8.31. The zero-order valence-electron chi connectivity index (χ0n) is 35.4. The van der Waals surface area contributed by atoms with Gasteiger partial charge < -0.3 is 9.73 Å². The van der Waals surface area contributed by atoms with Gasteiger partial charge in [0.25, 0.3) is 0 Å². The van der Waals surface area contributed by atoms with E-state index in [0.717, 1.165) is 77.3 Å². The molecule has 1 aliphatic heterocycles. The van der Waals surface area contributed by atoms with Crippen LogP contribution < -0.4 is 10.6 Å². The second-order valence-electron chi connectivity index (χ2n) is 17.1. The van der Waals surface area contributed by atoms with Gasteiger partial charge in [-0.05, 0) is 124 Å². The summed E-state index contributed by atoms with van der Waals surface area (Å²) < 4.78 is 6.86. The summed E-state index contributed by atoms with van der Waals surface area (Å²) in [6.07, 6.45) is -0.563. The number of amidine groups is 1. The second kappa shape index (κ2) is 15.2. The number of aliphatic imine (C=N–C) groups is 1. The van der Waals surface area contributed by atoms with Gasteiger partial charge in [-0.15, -0.1) is 0 Å². The molecule has 12 aromatic rings. The molecule has 0 fully saturated rings. The Morgan fingerprint density at radius 2 is 1.00 bits per heavy atom. The van der Waals surface area contributed by atoms with Crippen LogP contribution in [0.15, 0.2) is 234 Å². The van der Waals surface area contributed by atoms with Crippen LogP contribution in [0.2, 0.25) is 0 Å². The van der Waals surface area contributed by atoms with Gasteiger partial charge in [0.15, 0.2) is 0 Å². The molecule has 2 heterocycles. The molecule has 4 heteroatoms. The van der Waals surface area contributed by atoms with Crippen molar-refractivity contribution >= 4 is 70.9 Å².